The van der Waals surface area contributed by atoms with Crippen LogP contribution in [-0.2, 0) is 14.3 Å². The molecule has 0 aliphatic carbocycles. The van der Waals surface area contributed by atoms with Gasteiger partial charge in [0.1, 0.15) is 6.54 Å². The molecule has 0 saturated carbocycles. The van der Waals surface area contributed by atoms with E-state index in [0.29, 0.717) is 17.1 Å². The first-order valence-electron chi connectivity index (χ1n) is 11.8. The molecule has 9 nitrogen and oxygen atoms in total. The first-order valence-corrected chi connectivity index (χ1v) is 11.8. The van der Waals surface area contributed by atoms with E-state index in [2.05, 4.69) is 10.6 Å². The number of para-hydroxylation sites is 1. The largest absolute Gasteiger partial charge is 0.462 e. The Kier molecular flexibility index (Phi) is 9.37. The van der Waals surface area contributed by atoms with Gasteiger partial charge >= 0.3 is 12.0 Å². The third kappa shape index (κ3) is 7.66. The molecule has 3 rings (SSSR count). The Morgan fingerprint density at radius 3 is 2.24 bits per heavy atom. The summed E-state index contributed by atoms with van der Waals surface area (Å²) >= 11 is 0. The predicted molar refractivity (Wildman–Crippen MR) is 143 cm³/mol. The Morgan fingerprint density at radius 2 is 1.54 bits per heavy atom. The minimum Gasteiger partial charge on any atom is -0.462 e. The zero-order valence-electron chi connectivity index (χ0n) is 21.1. The van der Waals surface area contributed by atoms with Gasteiger partial charge in [-0.3, -0.25) is 9.59 Å². The van der Waals surface area contributed by atoms with Crippen molar-refractivity contribution in [2.45, 2.75) is 13.8 Å². The average Bonchev–Trinajstić information content (AvgIpc) is 2.90. The van der Waals surface area contributed by atoms with Crippen LogP contribution in [-0.4, -0.2) is 50.6 Å². The lowest BCUT2D eigenvalue weighted by molar-refractivity contribution is -0.121. The molecule has 2 N–H and O–H groups in total. The number of aryl methyl sites for hydroxylation is 1. The van der Waals surface area contributed by atoms with Crippen LogP contribution in [0.5, 0.6) is 0 Å². The number of carbonyl (C=O) groups excluding carboxylic acids is 4. The molecule has 0 aromatic heterocycles. The van der Waals surface area contributed by atoms with Crippen molar-refractivity contribution in [2.24, 2.45) is 0 Å². The van der Waals surface area contributed by atoms with E-state index < -0.39 is 17.9 Å². The van der Waals surface area contributed by atoms with Crippen LogP contribution in [0.25, 0.3) is 0 Å². The van der Waals surface area contributed by atoms with E-state index in [0.717, 1.165) is 5.56 Å². The smallest absolute Gasteiger partial charge is 0.338 e. The highest BCUT2D eigenvalue weighted by atomic mass is 16.5. The summed E-state index contributed by atoms with van der Waals surface area (Å²) < 4.78 is 5.06. The van der Waals surface area contributed by atoms with Gasteiger partial charge in [-0.2, -0.15) is 0 Å². The zero-order chi connectivity index (χ0) is 26.8. The minimum atomic E-state index is -0.563. The Balaban J connectivity index is 1.78. The average molecular weight is 503 g/mol. The molecule has 3 aromatic rings. The Bertz CT molecular complexity index is 1260. The van der Waals surface area contributed by atoms with Gasteiger partial charge in [0.05, 0.1) is 18.7 Å². The SMILES string of the molecule is CCOC(=O)c1cccc(N(CC(=O)N(C)c2ccccc2)C(=O)CNC(=O)Nc2cccc(C)c2)c1. The molecule has 37 heavy (non-hydrogen) atoms. The summed E-state index contributed by atoms with van der Waals surface area (Å²) in [5.41, 5.74) is 2.79. The van der Waals surface area contributed by atoms with Crippen molar-refractivity contribution < 1.29 is 23.9 Å². The van der Waals surface area contributed by atoms with E-state index in [1.165, 1.54) is 15.9 Å². The number of ether oxygens (including phenoxy) is 1. The van der Waals surface area contributed by atoms with Gasteiger partial charge in [-0.25, -0.2) is 9.59 Å². The summed E-state index contributed by atoms with van der Waals surface area (Å²) in [5.74, 6) is -1.43. The number of hydrogen-bond acceptors (Lipinski definition) is 5. The number of urea groups is 1. The van der Waals surface area contributed by atoms with Crippen LogP contribution >= 0.6 is 0 Å². The predicted octanol–water partition coefficient (Wildman–Crippen LogP) is 3.99. The molecule has 0 spiro atoms. The van der Waals surface area contributed by atoms with E-state index in [1.54, 1.807) is 56.4 Å². The quantitative estimate of drug-likeness (QED) is 0.430. The Hall–Kier alpha value is -4.66. The van der Waals surface area contributed by atoms with Gasteiger partial charge in [-0.15, -0.1) is 0 Å². The first-order chi connectivity index (χ1) is 17.8. The molecule has 0 saturated heterocycles. The normalized spacial score (nSPS) is 10.2. The van der Waals surface area contributed by atoms with E-state index in [9.17, 15) is 19.2 Å². The highest BCUT2D eigenvalue weighted by molar-refractivity contribution is 6.05. The highest BCUT2D eigenvalue weighted by Crippen LogP contribution is 2.19. The van der Waals surface area contributed by atoms with Crippen molar-refractivity contribution in [3.63, 3.8) is 0 Å². The standard InChI is InChI=1S/C28H30N4O5/c1-4-37-27(35)21-11-9-15-24(17-21)32(19-26(34)31(3)23-13-6-5-7-14-23)25(33)18-29-28(36)30-22-12-8-10-20(2)16-22/h5-17H,4,18-19H2,1-3H3,(H2,29,30,36). The maximum absolute atomic E-state index is 13.3. The van der Waals surface area contributed by atoms with Gasteiger partial charge < -0.3 is 25.2 Å². The second-order valence-electron chi connectivity index (χ2n) is 8.22. The van der Waals surface area contributed by atoms with Crippen LogP contribution < -0.4 is 20.4 Å². The third-order valence-electron chi connectivity index (χ3n) is 5.46. The monoisotopic (exact) mass is 502 g/mol. The van der Waals surface area contributed by atoms with Gasteiger partial charge in [0.15, 0.2) is 0 Å². The van der Waals surface area contributed by atoms with Gasteiger partial charge in [0.2, 0.25) is 11.8 Å². The lowest BCUT2D eigenvalue weighted by Crippen LogP contribution is -2.46. The number of carbonyl (C=O) groups is 4. The van der Waals surface area contributed by atoms with Crippen LogP contribution in [0.3, 0.4) is 0 Å². The lowest BCUT2D eigenvalue weighted by Gasteiger charge is -2.26. The number of anilines is 3. The first kappa shape index (κ1) is 26.9. The van der Waals surface area contributed by atoms with Crippen molar-refractivity contribution in [1.29, 1.82) is 0 Å². The molecule has 0 aliphatic heterocycles. The van der Waals surface area contributed by atoms with Crippen LogP contribution in [0.1, 0.15) is 22.8 Å². The maximum atomic E-state index is 13.3. The van der Waals surface area contributed by atoms with Crippen molar-refractivity contribution in [3.05, 3.63) is 90.0 Å². The molecule has 4 amide bonds. The zero-order valence-corrected chi connectivity index (χ0v) is 21.1. The lowest BCUT2D eigenvalue weighted by atomic mass is 10.1. The molecule has 9 heteroatoms. The van der Waals surface area contributed by atoms with Crippen LogP contribution in [0, 0.1) is 6.92 Å². The molecule has 192 valence electrons. The van der Waals surface area contributed by atoms with Crippen LogP contribution in [0.2, 0.25) is 0 Å². The number of esters is 1. The van der Waals surface area contributed by atoms with Crippen LogP contribution in [0.4, 0.5) is 21.9 Å². The molecular weight excluding hydrogens is 472 g/mol. The molecule has 0 radical (unpaired) electrons. The van der Waals surface area contributed by atoms with Gasteiger partial charge in [-0.05, 0) is 61.9 Å². The summed E-state index contributed by atoms with van der Waals surface area (Å²) in [6.07, 6.45) is 0. The van der Waals surface area contributed by atoms with Crippen molar-refractivity contribution in [1.82, 2.24) is 5.32 Å². The molecule has 0 atom stereocenters. The highest BCUT2D eigenvalue weighted by Gasteiger charge is 2.23. The number of likely N-dealkylation sites (N-methyl/N-ethyl adjacent to an activating group) is 1. The van der Waals surface area contributed by atoms with Gasteiger partial charge in [-0.1, -0.05) is 36.4 Å². The molecular formula is C28H30N4O5. The van der Waals surface area contributed by atoms with E-state index in [4.69, 9.17) is 4.74 Å². The summed E-state index contributed by atoms with van der Waals surface area (Å²) in [4.78, 5) is 53.7. The Labute approximate surface area is 216 Å². The van der Waals surface area contributed by atoms with Crippen molar-refractivity contribution in [2.75, 3.05) is 41.9 Å². The van der Waals surface area contributed by atoms with E-state index >= 15 is 0 Å². The number of rotatable bonds is 9. The molecule has 0 unspecified atom stereocenters. The molecule has 0 heterocycles. The number of nitrogens with one attached hydrogen (secondary N) is 2. The number of benzene rings is 3. The fourth-order valence-corrected chi connectivity index (χ4v) is 3.53. The summed E-state index contributed by atoms with van der Waals surface area (Å²) in [7, 11) is 1.61. The number of nitrogens with zero attached hydrogens (tertiary/aromatic N) is 2. The fourth-order valence-electron chi connectivity index (χ4n) is 3.53. The van der Waals surface area contributed by atoms with Gasteiger partial charge in [0.25, 0.3) is 0 Å². The van der Waals surface area contributed by atoms with E-state index in [-0.39, 0.29) is 31.2 Å². The second kappa shape index (κ2) is 12.9. The summed E-state index contributed by atoms with van der Waals surface area (Å²) in [6.45, 7) is 3.12. The Morgan fingerprint density at radius 1 is 0.838 bits per heavy atom. The topological polar surface area (TPSA) is 108 Å². The molecule has 0 fully saturated rings. The molecule has 0 bridgehead atoms. The van der Waals surface area contributed by atoms with Gasteiger partial charge in [0, 0.05) is 24.1 Å². The molecule has 3 aromatic carbocycles. The number of hydrogen-bond donors (Lipinski definition) is 2. The third-order valence-corrected chi connectivity index (χ3v) is 5.46. The maximum Gasteiger partial charge on any atom is 0.338 e. The summed E-state index contributed by atoms with van der Waals surface area (Å²) in [6, 6.07) is 22.0. The van der Waals surface area contributed by atoms with Crippen molar-refractivity contribution >= 4 is 40.9 Å². The minimum absolute atomic E-state index is 0.200. The fraction of sp³-hybridized carbons (Fsp3) is 0.214. The molecule has 0 aliphatic rings. The van der Waals surface area contributed by atoms with Crippen LogP contribution in [0.15, 0.2) is 78.9 Å². The number of amides is 4. The second-order valence-corrected chi connectivity index (χ2v) is 8.22. The summed E-state index contributed by atoms with van der Waals surface area (Å²) in [5, 5.41) is 5.21. The van der Waals surface area contributed by atoms with E-state index in [1.807, 2.05) is 37.3 Å². The van der Waals surface area contributed by atoms with Crippen molar-refractivity contribution in [3.8, 4) is 0 Å².